The lowest BCUT2D eigenvalue weighted by atomic mass is 9.95. The largest absolute Gasteiger partial charge is 0.508 e. The summed E-state index contributed by atoms with van der Waals surface area (Å²) in [7, 11) is 0. The molecule has 5 saturated heterocycles. The van der Waals surface area contributed by atoms with Crippen LogP contribution >= 0.6 is 0 Å². The van der Waals surface area contributed by atoms with E-state index in [1.54, 1.807) is 4.90 Å². The Morgan fingerprint density at radius 3 is 2.63 bits per heavy atom. The fraction of sp³-hybridized carbons (Fsp3) is 0.500. The van der Waals surface area contributed by atoms with Crippen molar-refractivity contribution in [1.82, 2.24) is 29.7 Å². The van der Waals surface area contributed by atoms with E-state index in [9.17, 15) is 19.1 Å². The Labute approximate surface area is 338 Å². The van der Waals surface area contributed by atoms with E-state index in [-0.39, 0.29) is 70.1 Å². The lowest BCUT2D eigenvalue weighted by Crippen LogP contribution is -2.56. The van der Waals surface area contributed by atoms with Crippen LogP contribution < -0.4 is 9.64 Å². The highest BCUT2D eigenvalue weighted by atomic mass is 19.1. The Morgan fingerprint density at radius 1 is 1.08 bits per heavy atom. The number of rotatable bonds is 9. The van der Waals surface area contributed by atoms with Crippen molar-refractivity contribution >= 4 is 39.6 Å². The molecule has 0 saturated carbocycles. The predicted molar refractivity (Wildman–Crippen MR) is 208 cm³/mol. The maximum absolute atomic E-state index is 17.1. The van der Waals surface area contributed by atoms with Gasteiger partial charge in [0.1, 0.15) is 41.4 Å². The first-order chi connectivity index (χ1) is 28.5. The molecule has 5 atom stereocenters. The van der Waals surface area contributed by atoms with E-state index in [1.807, 2.05) is 9.80 Å². The van der Waals surface area contributed by atoms with Gasteiger partial charge < -0.3 is 29.0 Å². The number of terminal acetylenes is 1. The average Bonchev–Trinajstić information content (AvgIpc) is 3.83. The highest BCUT2D eigenvalue weighted by Crippen LogP contribution is 2.43. The van der Waals surface area contributed by atoms with Gasteiger partial charge in [-0.05, 0) is 55.8 Å². The zero-order valence-electron chi connectivity index (χ0n) is 32.5. The SMILES string of the molecule is C#Cc1c(F)ccc2cc(O)cc(-c3ncc4c(N5CC6CCC(C5)N6C(=O)OC(C)OC(=O)CN5CCOCC5)nc(OC[C@@]56CCCN5C[C@H](F)C6)nc4c3F)c12. The summed E-state index contributed by atoms with van der Waals surface area (Å²) < 4.78 is 69.4. The number of phenolic OH excluding ortho intramolecular Hbond substituents is 1. The van der Waals surface area contributed by atoms with Crippen LogP contribution in [0.3, 0.4) is 0 Å². The van der Waals surface area contributed by atoms with Gasteiger partial charge in [0.2, 0.25) is 6.29 Å². The molecule has 59 heavy (non-hydrogen) atoms. The van der Waals surface area contributed by atoms with Gasteiger partial charge in [-0.1, -0.05) is 12.0 Å². The summed E-state index contributed by atoms with van der Waals surface area (Å²) in [5.41, 5.74) is -0.930. The van der Waals surface area contributed by atoms with Crippen molar-refractivity contribution in [3.8, 4) is 35.4 Å². The molecule has 3 unspecified atom stereocenters. The lowest BCUT2D eigenvalue weighted by molar-refractivity contribution is -0.168. The van der Waals surface area contributed by atoms with Crippen LogP contribution in [0.25, 0.3) is 32.9 Å². The number of amides is 1. The maximum atomic E-state index is 17.1. The summed E-state index contributed by atoms with van der Waals surface area (Å²) >= 11 is 0. The van der Waals surface area contributed by atoms with Crippen molar-refractivity contribution in [2.45, 2.75) is 69.1 Å². The first-order valence-corrected chi connectivity index (χ1v) is 20.0. The highest BCUT2D eigenvalue weighted by Gasteiger charge is 2.50. The Hall–Kier alpha value is -5.44. The van der Waals surface area contributed by atoms with Gasteiger partial charge in [-0.25, -0.2) is 18.0 Å². The van der Waals surface area contributed by atoms with E-state index in [0.29, 0.717) is 76.4 Å². The number of carbonyl (C=O) groups excluding carboxylic acids is 2. The predicted octanol–water partition coefficient (Wildman–Crippen LogP) is 4.78. The van der Waals surface area contributed by atoms with Gasteiger partial charge in [0.15, 0.2) is 5.82 Å². The van der Waals surface area contributed by atoms with E-state index in [4.69, 9.17) is 30.4 Å². The number of ether oxygens (including phenoxy) is 4. The third kappa shape index (κ3) is 7.31. The number of hydrogen-bond acceptors (Lipinski definition) is 13. The van der Waals surface area contributed by atoms with Crippen LogP contribution in [0, 0.1) is 24.0 Å². The van der Waals surface area contributed by atoms with Gasteiger partial charge >= 0.3 is 18.1 Å². The summed E-state index contributed by atoms with van der Waals surface area (Å²) in [6.07, 6.45) is 7.70. The zero-order valence-corrected chi connectivity index (χ0v) is 32.5. The normalized spacial score (nSPS) is 25.0. The molecule has 4 aromatic rings. The minimum absolute atomic E-state index is 0.0647. The third-order valence-corrected chi connectivity index (χ3v) is 12.3. The standard InChI is InChI=1S/C42H44F3N7O7/c1-3-30-33(44)8-5-25-15-29(53)16-31(35(25)30)37-36(45)38-32(18-46-37)39(48-40(47-38)57-23-42-9-4-10-51(42)19-26(43)17-42)50-20-27-6-7-28(21-50)52(27)41(55)59-24(2)58-34(54)22-49-11-13-56-14-12-49/h1,5,8,15-16,18,24,26-28,53H,4,6-7,9-14,17,19-23H2,2H3/t24?,26-,27?,28?,42+/m1/s1. The molecular formula is C42H44F3N7O7. The third-order valence-electron chi connectivity index (χ3n) is 12.3. The number of aromatic hydroxyl groups is 1. The molecule has 1 amide bonds. The van der Waals surface area contributed by atoms with Gasteiger partial charge in [0.05, 0.1) is 48.3 Å². The number of morpholine rings is 1. The van der Waals surface area contributed by atoms with Crippen LogP contribution in [-0.2, 0) is 19.0 Å². The Bertz CT molecular complexity index is 2350. The van der Waals surface area contributed by atoms with E-state index < -0.39 is 41.7 Å². The average molecular weight is 816 g/mol. The lowest BCUT2D eigenvalue weighted by Gasteiger charge is -2.41. The van der Waals surface area contributed by atoms with Gasteiger partial charge in [0.25, 0.3) is 0 Å². The number of carbonyl (C=O) groups is 2. The summed E-state index contributed by atoms with van der Waals surface area (Å²) in [6, 6.07) is 4.57. The number of anilines is 1. The maximum Gasteiger partial charge on any atom is 0.413 e. The van der Waals surface area contributed by atoms with Crippen molar-refractivity contribution in [2.75, 3.05) is 70.5 Å². The van der Waals surface area contributed by atoms with Gasteiger partial charge in [-0.3, -0.25) is 24.5 Å². The topological polar surface area (TPSA) is 143 Å². The van der Waals surface area contributed by atoms with Crippen molar-refractivity contribution in [1.29, 1.82) is 0 Å². The number of phenols is 1. The van der Waals surface area contributed by atoms with Crippen molar-refractivity contribution in [2.24, 2.45) is 0 Å². The molecule has 17 heteroatoms. The molecule has 9 rings (SSSR count). The summed E-state index contributed by atoms with van der Waals surface area (Å²) in [5.74, 6) is 0.414. The molecule has 0 spiro atoms. The number of hydrogen-bond donors (Lipinski definition) is 1. The van der Waals surface area contributed by atoms with Crippen molar-refractivity contribution in [3.05, 3.63) is 47.7 Å². The monoisotopic (exact) mass is 815 g/mol. The van der Waals surface area contributed by atoms with Crippen LogP contribution in [0.4, 0.5) is 23.8 Å². The number of alkyl halides is 1. The number of piperazine rings is 1. The molecule has 2 aromatic heterocycles. The Morgan fingerprint density at radius 2 is 1.86 bits per heavy atom. The van der Waals surface area contributed by atoms with Crippen molar-refractivity contribution < 1.29 is 46.8 Å². The number of aromatic nitrogens is 3. The van der Waals surface area contributed by atoms with Crippen LogP contribution in [0.5, 0.6) is 11.8 Å². The molecule has 5 fully saturated rings. The van der Waals surface area contributed by atoms with Gasteiger partial charge in [-0.2, -0.15) is 9.97 Å². The van der Waals surface area contributed by atoms with E-state index in [1.165, 1.54) is 37.4 Å². The minimum Gasteiger partial charge on any atom is -0.508 e. The molecule has 0 radical (unpaired) electrons. The minimum atomic E-state index is -1.11. The molecule has 0 aliphatic carbocycles. The fourth-order valence-corrected chi connectivity index (χ4v) is 9.68. The first kappa shape index (κ1) is 39.0. The number of nitrogens with zero attached hydrogens (tertiary/aromatic N) is 7. The zero-order chi connectivity index (χ0) is 41.0. The van der Waals surface area contributed by atoms with Gasteiger partial charge in [-0.15, -0.1) is 6.42 Å². The number of halogens is 3. The number of benzene rings is 2. The molecule has 5 aliphatic heterocycles. The first-order valence-electron chi connectivity index (χ1n) is 20.0. The van der Waals surface area contributed by atoms with Crippen LogP contribution in [-0.4, -0.2) is 143 Å². The summed E-state index contributed by atoms with van der Waals surface area (Å²) in [5, 5.41) is 11.5. The van der Waals surface area contributed by atoms with Gasteiger partial charge in [0, 0.05) is 63.2 Å². The Kier molecular flexibility index (Phi) is 10.3. The summed E-state index contributed by atoms with van der Waals surface area (Å²) in [4.78, 5) is 47.6. The van der Waals surface area contributed by atoms with Crippen LogP contribution in [0.2, 0.25) is 0 Å². The van der Waals surface area contributed by atoms with E-state index in [0.717, 1.165) is 19.4 Å². The van der Waals surface area contributed by atoms with E-state index in [2.05, 4.69) is 20.8 Å². The highest BCUT2D eigenvalue weighted by molar-refractivity contribution is 6.03. The summed E-state index contributed by atoms with van der Waals surface area (Å²) in [6.45, 7) is 5.62. The van der Waals surface area contributed by atoms with Crippen LogP contribution in [0.15, 0.2) is 30.5 Å². The number of fused-ring (bicyclic) bond motifs is 5. The molecule has 5 aliphatic rings. The molecule has 2 bridgehead atoms. The second-order valence-electron chi connectivity index (χ2n) is 16.1. The molecular weight excluding hydrogens is 771 g/mol. The number of esters is 1. The second kappa shape index (κ2) is 15.6. The second-order valence-corrected chi connectivity index (χ2v) is 16.1. The fourth-order valence-electron chi connectivity index (χ4n) is 9.68. The molecule has 1 N–H and O–H groups in total. The molecule has 7 heterocycles. The number of pyridine rings is 1. The van der Waals surface area contributed by atoms with Crippen molar-refractivity contribution in [3.63, 3.8) is 0 Å². The molecule has 310 valence electrons. The van der Waals surface area contributed by atoms with E-state index >= 15 is 8.78 Å². The quantitative estimate of drug-likeness (QED) is 0.141. The Balaban J connectivity index is 1.02. The molecule has 2 aromatic carbocycles. The van der Waals surface area contributed by atoms with Crippen LogP contribution in [0.1, 0.15) is 44.6 Å². The molecule has 14 nitrogen and oxygen atoms in total. The smallest absolute Gasteiger partial charge is 0.413 e.